The first-order valence-electron chi connectivity index (χ1n) is 8.26. The molecule has 1 unspecified atom stereocenters. The monoisotopic (exact) mass is 328 g/mol. The van der Waals surface area contributed by atoms with Gasteiger partial charge in [0.2, 0.25) is 0 Å². The number of hydrogen-bond donors (Lipinski definition) is 1. The Morgan fingerprint density at radius 3 is 2.88 bits per heavy atom. The number of guanidine groups is 1. The fraction of sp³-hybridized carbons (Fsp3) is 0.471. The summed E-state index contributed by atoms with van der Waals surface area (Å²) in [4.78, 5) is 6.63. The van der Waals surface area contributed by atoms with Gasteiger partial charge < -0.3 is 15.4 Å². The van der Waals surface area contributed by atoms with Crippen LogP contribution >= 0.6 is 0 Å². The molecule has 1 atom stereocenters. The van der Waals surface area contributed by atoms with E-state index in [0.29, 0.717) is 18.4 Å². The topological polar surface area (TPSA) is 81.6 Å². The molecule has 2 heterocycles. The molecule has 0 spiro atoms. The highest BCUT2D eigenvalue weighted by atomic mass is 16.5. The van der Waals surface area contributed by atoms with Crippen molar-refractivity contribution in [1.29, 1.82) is 0 Å². The van der Waals surface area contributed by atoms with Crippen molar-refractivity contribution in [2.45, 2.75) is 26.3 Å². The van der Waals surface area contributed by atoms with Crippen LogP contribution in [-0.2, 0) is 6.54 Å². The Bertz CT molecular complexity index is 693. The maximum absolute atomic E-state index is 6.12. The van der Waals surface area contributed by atoms with E-state index in [-0.39, 0.29) is 0 Å². The lowest BCUT2D eigenvalue weighted by Gasteiger charge is -2.31. The number of likely N-dealkylation sites (tertiary alicyclic amines) is 1. The zero-order valence-corrected chi connectivity index (χ0v) is 14.2. The number of nitrogens with two attached hydrogens (primary N) is 1. The van der Waals surface area contributed by atoms with Crippen LogP contribution in [0.5, 0.6) is 5.75 Å². The number of benzene rings is 1. The number of rotatable bonds is 4. The molecule has 1 aliphatic rings. The summed E-state index contributed by atoms with van der Waals surface area (Å²) in [6.45, 7) is 4.65. The molecule has 2 aromatic rings. The highest BCUT2D eigenvalue weighted by Gasteiger charge is 2.17. The lowest BCUT2D eigenvalue weighted by atomic mass is 10.0. The van der Waals surface area contributed by atoms with Crippen molar-refractivity contribution >= 4 is 5.96 Å². The molecule has 128 valence electrons. The minimum atomic E-state index is 0.437. The molecule has 1 saturated heterocycles. The van der Waals surface area contributed by atoms with Crippen LogP contribution in [-0.4, -0.2) is 46.1 Å². The third-order valence-electron chi connectivity index (χ3n) is 4.26. The summed E-state index contributed by atoms with van der Waals surface area (Å²) < 4.78 is 6.88. The normalized spacial score (nSPS) is 18.7. The van der Waals surface area contributed by atoms with E-state index < -0.39 is 0 Å². The highest BCUT2D eigenvalue weighted by molar-refractivity contribution is 5.78. The summed E-state index contributed by atoms with van der Waals surface area (Å²) in [6.07, 6.45) is 4.31. The Morgan fingerprint density at radius 2 is 2.17 bits per heavy atom. The van der Waals surface area contributed by atoms with Crippen LogP contribution < -0.4 is 10.5 Å². The predicted molar refractivity (Wildman–Crippen MR) is 93.2 cm³/mol. The first kappa shape index (κ1) is 16.3. The lowest BCUT2D eigenvalue weighted by molar-refractivity contribution is 0.270. The van der Waals surface area contributed by atoms with E-state index >= 15 is 0 Å². The maximum Gasteiger partial charge on any atom is 0.191 e. The van der Waals surface area contributed by atoms with Crippen molar-refractivity contribution in [3.63, 3.8) is 0 Å². The van der Waals surface area contributed by atoms with Gasteiger partial charge in [-0.15, -0.1) is 5.10 Å². The van der Waals surface area contributed by atoms with Crippen LogP contribution in [0.4, 0.5) is 0 Å². The van der Waals surface area contributed by atoms with Gasteiger partial charge in [0.05, 0.1) is 25.5 Å². The quantitative estimate of drug-likeness (QED) is 0.684. The van der Waals surface area contributed by atoms with E-state index in [4.69, 9.17) is 10.5 Å². The molecule has 7 heteroatoms. The van der Waals surface area contributed by atoms with Gasteiger partial charge in [0.1, 0.15) is 11.4 Å². The molecule has 0 aliphatic carbocycles. The second-order valence-electron chi connectivity index (χ2n) is 6.22. The van der Waals surface area contributed by atoms with Gasteiger partial charge in [-0.2, -0.15) is 0 Å². The summed E-state index contributed by atoms with van der Waals surface area (Å²) in [5.74, 6) is 2.08. The van der Waals surface area contributed by atoms with Gasteiger partial charge in [-0.3, -0.25) is 0 Å². The van der Waals surface area contributed by atoms with Gasteiger partial charge in [0, 0.05) is 13.1 Å². The van der Waals surface area contributed by atoms with Crippen molar-refractivity contribution in [2.75, 3.05) is 20.2 Å². The molecule has 0 saturated carbocycles. The third-order valence-corrected chi connectivity index (χ3v) is 4.26. The Balaban J connectivity index is 1.63. The van der Waals surface area contributed by atoms with Crippen LogP contribution in [0, 0.1) is 5.92 Å². The maximum atomic E-state index is 6.12. The highest BCUT2D eigenvalue weighted by Crippen LogP contribution is 2.16. The molecule has 24 heavy (non-hydrogen) atoms. The van der Waals surface area contributed by atoms with Crippen LogP contribution in [0.2, 0.25) is 0 Å². The number of aromatic nitrogens is 3. The standard InChI is InChI=1S/C17H24N6O/c1-13-4-3-9-22(11-13)17(18)19-10-14-12-23(21-20-14)15-5-7-16(24-2)8-6-15/h5-8,12-13H,3-4,9-11H2,1-2H3,(H2,18,19). The number of hydrogen-bond acceptors (Lipinski definition) is 4. The van der Waals surface area contributed by atoms with E-state index in [9.17, 15) is 0 Å². The summed E-state index contributed by atoms with van der Waals surface area (Å²) in [7, 11) is 1.65. The van der Waals surface area contributed by atoms with Gasteiger partial charge in [-0.05, 0) is 43.0 Å². The van der Waals surface area contributed by atoms with Gasteiger partial charge >= 0.3 is 0 Å². The van der Waals surface area contributed by atoms with E-state index in [2.05, 4.69) is 27.1 Å². The Labute approximate surface area is 142 Å². The minimum Gasteiger partial charge on any atom is -0.497 e. The second-order valence-corrected chi connectivity index (χ2v) is 6.22. The number of aliphatic imine (C=N–C) groups is 1. The fourth-order valence-electron chi connectivity index (χ4n) is 2.89. The SMILES string of the molecule is COc1ccc(-n2cc(CN=C(N)N3CCCC(C)C3)nn2)cc1. The van der Waals surface area contributed by atoms with Crippen molar-refractivity contribution in [3.05, 3.63) is 36.2 Å². The van der Waals surface area contributed by atoms with E-state index in [1.54, 1.807) is 11.8 Å². The molecular weight excluding hydrogens is 304 g/mol. The predicted octanol–water partition coefficient (Wildman–Crippen LogP) is 1.82. The molecule has 1 aliphatic heterocycles. The molecule has 1 aromatic heterocycles. The van der Waals surface area contributed by atoms with Crippen molar-refractivity contribution in [2.24, 2.45) is 16.6 Å². The molecule has 0 amide bonds. The number of piperidine rings is 1. The van der Waals surface area contributed by atoms with Gasteiger partial charge in [0.25, 0.3) is 0 Å². The van der Waals surface area contributed by atoms with Gasteiger partial charge in [-0.1, -0.05) is 12.1 Å². The molecule has 0 radical (unpaired) electrons. The third kappa shape index (κ3) is 3.84. The summed E-state index contributed by atoms with van der Waals surface area (Å²) in [5.41, 5.74) is 7.83. The number of methoxy groups -OCH3 is 1. The molecule has 2 N–H and O–H groups in total. The Hall–Kier alpha value is -2.57. The van der Waals surface area contributed by atoms with Crippen LogP contribution in [0.1, 0.15) is 25.5 Å². The van der Waals surface area contributed by atoms with Crippen LogP contribution in [0.25, 0.3) is 5.69 Å². The van der Waals surface area contributed by atoms with Crippen molar-refractivity contribution < 1.29 is 4.74 Å². The molecule has 3 rings (SSSR count). The average molecular weight is 328 g/mol. The molecule has 7 nitrogen and oxygen atoms in total. The van der Waals surface area contributed by atoms with Crippen LogP contribution in [0.3, 0.4) is 0 Å². The molecule has 0 bridgehead atoms. The smallest absolute Gasteiger partial charge is 0.191 e. The Morgan fingerprint density at radius 1 is 1.38 bits per heavy atom. The molecular formula is C17H24N6O. The minimum absolute atomic E-state index is 0.437. The average Bonchev–Trinajstić information content (AvgIpc) is 3.09. The summed E-state index contributed by atoms with van der Waals surface area (Å²) >= 11 is 0. The first-order chi connectivity index (χ1) is 11.7. The van der Waals surface area contributed by atoms with E-state index in [1.807, 2.05) is 30.5 Å². The van der Waals surface area contributed by atoms with Crippen LogP contribution in [0.15, 0.2) is 35.5 Å². The zero-order valence-electron chi connectivity index (χ0n) is 14.2. The van der Waals surface area contributed by atoms with E-state index in [1.165, 1.54) is 12.8 Å². The van der Waals surface area contributed by atoms with Gasteiger partial charge in [-0.25, -0.2) is 9.67 Å². The zero-order chi connectivity index (χ0) is 16.9. The second kappa shape index (κ2) is 7.33. The molecule has 1 aromatic carbocycles. The lowest BCUT2D eigenvalue weighted by Crippen LogP contribution is -2.43. The van der Waals surface area contributed by atoms with Gasteiger partial charge in [0.15, 0.2) is 5.96 Å². The van der Waals surface area contributed by atoms with Crippen molar-refractivity contribution in [1.82, 2.24) is 19.9 Å². The number of nitrogens with zero attached hydrogens (tertiary/aromatic N) is 5. The molecule has 1 fully saturated rings. The van der Waals surface area contributed by atoms with E-state index in [0.717, 1.165) is 30.2 Å². The fourth-order valence-corrected chi connectivity index (χ4v) is 2.89. The largest absolute Gasteiger partial charge is 0.497 e. The first-order valence-corrected chi connectivity index (χ1v) is 8.26. The van der Waals surface area contributed by atoms with Crippen molar-refractivity contribution in [3.8, 4) is 11.4 Å². The Kier molecular flexibility index (Phi) is 4.98. The summed E-state index contributed by atoms with van der Waals surface area (Å²) in [5, 5.41) is 8.31. The number of ether oxygens (including phenoxy) is 1. The summed E-state index contributed by atoms with van der Waals surface area (Å²) in [6, 6.07) is 7.66.